The molecule has 0 atom stereocenters. The van der Waals surface area contributed by atoms with Crippen molar-refractivity contribution >= 4 is 33.4 Å². The van der Waals surface area contributed by atoms with Crippen LogP contribution in [-0.4, -0.2) is 26.0 Å². The zero-order valence-electron chi connectivity index (χ0n) is 17.0. The number of sulfonamides is 1. The summed E-state index contributed by atoms with van der Waals surface area (Å²) in [5.74, 6) is -1.15. The molecule has 0 saturated carbocycles. The lowest BCUT2D eigenvalue weighted by atomic mass is 10.1. The second kappa shape index (κ2) is 8.93. The van der Waals surface area contributed by atoms with Crippen molar-refractivity contribution in [2.24, 2.45) is 0 Å². The number of benzene rings is 3. The molecule has 3 aromatic carbocycles. The van der Waals surface area contributed by atoms with Crippen molar-refractivity contribution in [1.29, 1.82) is 0 Å². The van der Waals surface area contributed by atoms with Crippen molar-refractivity contribution in [1.82, 2.24) is 0 Å². The van der Waals surface area contributed by atoms with Crippen molar-refractivity contribution in [3.8, 4) is 0 Å². The van der Waals surface area contributed by atoms with Crippen LogP contribution < -0.4 is 4.31 Å². The normalized spacial score (nSPS) is 11.3. The van der Waals surface area contributed by atoms with Gasteiger partial charge in [0.1, 0.15) is 0 Å². The van der Waals surface area contributed by atoms with Crippen molar-refractivity contribution in [2.45, 2.75) is 35.5 Å². The van der Waals surface area contributed by atoms with Gasteiger partial charge in [-0.05, 0) is 74.9 Å². The number of carboxylic acids is 1. The lowest BCUT2D eigenvalue weighted by Gasteiger charge is -2.23. The van der Waals surface area contributed by atoms with E-state index in [1.54, 1.807) is 37.7 Å². The molecular formula is C23H23NO4S2. The lowest BCUT2D eigenvalue weighted by Crippen LogP contribution is -2.31. The minimum Gasteiger partial charge on any atom is -0.478 e. The van der Waals surface area contributed by atoms with E-state index in [1.165, 1.54) is 28.1 Å². The van der Waals surface area contributed by atoms with Crippen LogP contribution in [0.25, 0.3) is 0 Å². The summed E-state index contributed by atoms with van der Waals surface area (Å²) < 4.78 is 27.7. The predicted molar refractivity (Wildman–Crippen MR) is 120 cm³/mol. The highest BCUT2D eigenvalue weighted by atomic mass is 32.2. The number of anilines is 1. The van der Waals surface area contributed by atoms with Gasteiger partial charge in [0.25, 0.3) is 10.0 Å². The average molecular weight is 442 g/mol. The van der Waals surface area contributed by atoms with E-state index in [-0.39, 0.29) is 17.0 Å². The second-order valence-corrected chi connectivity index (χ2v) is 9.87. The van der Waals surface area contributed by atoms with Crippen LogP contribution in [-0.2, 0) is 10.0 Å². The molecule has 1 N–H and O–H groups in total. The number of nitrogens with zero attached hydrogens (tertiary/aromatic N) is 1. The first-order valence-electron chi connectivity index (χ1n) is 9.43. The van der Waals surface area contributed by atoms with E-state index in [0.29, 0.717) is 11.3 Å². The van der Waals surface area contributed by atoms with Gasteiger partial charge in [-0.25, -0.2) is 13.2 Å². The lowest BCUT2D eigenvalue weighted by molar-refractivity contribution is 0.0696. The van der Waals surface area contributed by atoms with Crippen LogP contribution >= 0.6 is 11.8 Å². The number of hydrogen-bond donors (Lipinski definition) is 1. The number of rotatable bonds is 7. The van der Waals surface area contributed by atoms with Crippen LogP contribution in [0.2, 0.25) is 0 Å². The first kappa shape index (κ1) is 21.9. The molecule has 3 rings (SSSR count). The molecule has 5 nitrogen and oxygen atoms in total. The molecule has 30 heavy (non-hydrogen) atoms. The highest BCUT2D eigenvalue weighted by Crippen LogP contribution is 2.31. The molecule has 0 saturated heterocycles. The van der Waals surface area contributed by atoms with Crippen molar-refractivity contribution in [3.63, 3.8) is 0 Å². The maximum atomic E-state index is 13.2. The summed E-state index contributed by atoms with van der Waals surface area (Å²) in [5.41, 5.74) is 2.22. The topological polar surface area (TPSA) is 74.7 Å². The number of carboxylic acid groups (broad SMARTS) is 1. The van der Waals surface area contributed by atoms with E-state index in [0.717, 1.165) is 9.79 Å². The van der Waals surface area contributed by atoms with Gasteiger partial charge in [-0.2, -0.15) is 0 Å². The monoisotopic (exact) mass is 441 g/mol. The van der Waals surface area contributed by atoms with E-state index in [1.807, 2.05) is 31.2 Å². The molecule has 156 valence electrons. The van der Waals surface area contributed by atoms with Crippen LogP contribution in [0, 0.1) is 13.8 Å². The fraction of sp³-hybridized carbons (Fsp3) is 0.174. The summed E-state index contributed by atoms with van der Waals surface area (Å²) in [5, 5.41) is 9.32. The van der Waals surface area contributed by atoms with Gasteiger partial charge in [-0.1, -0.05) is 35.5 Å². The summed E-state index contributed by atoms with van der Waals surface area (Å²) in [6.07, 6.45) is 0. The number of carbonyl (C=O) groups is 1. The van der Waals surface area contributed by atoms with Crippen molar-refractivity contribution in [2.75, 3.05) is 10.8 Å². The van der Waals surface area contributed by atoms with Gasteiger partial charge in [0.05, 0.1) is 16.1 Å². The van der Waals surface area contributed by atoms with E-state index < -0.39 is 16.0 Å². The zero-order valence-corrected chi connectivity index (χ0v) is 18.6. The van der Waals surface area contributed by atoms with Gasteiger partial charge in [-0.3, -0.25) is 4.31 Å². The Morgan fingerprint density at radius 2 is 1.50 bits per heavy atom. The zero-order chi connectivity index (χ0) is 21.9. The summed E-state index contributed by atoms with van der Waals surface area (Å²) in [6.45, 7) is 5.65. The standard InChI is InChI=1S/C23H23NO4S2/c1-4-24(30(27,28)21-14-7-17(3)22(15-21)23(25)26)18-8-12-20(13-9-18)29-19-10-5-16(2)6-11-19/h5-15H,4H2,1-3H3,(H,25,26). The summed E-state index contributed by atoms with van der Waals surface area (Å²) in [7, 11) is -3.89. The van der Waals surface area contributed by atoms with E-state index in [2.05, 4.69) is 12.1 Å². The Labute approximate surface area is 181 Å². The smallest absolute Gasteiger partial charge is 0.335 e. The minimum absolute atomic E-state index is 0.0167. The van der Waals surface area contributed by atoms with Gasteiger partial charge in [-0.15, -0.1) is 0 Å². The largest absolute Gasteiger partial charge is 0.478 e. The van der Waals surface area contributed by atoms with Gasteiger partial charge < -0.3 is 5.11 Å². The maximum absolute atomic E-state index is 13.2. The molecule has 0 heterocycles. The molecule has 0 aromatic heterocycles. The fourth-order valence-electron chi connectivity index (χ4n) is 3.03. The second-order valence-electron chi connectivity index (χ2n) is 6.86. The van der Waals surface area contributed by atoms with Crippen LogP contribution in [0.1, 0.15) is 28.4 Å². The summed E-state index contributed by atoms with van der Waals surface area (Å²) in [4.78, 5) is 13.5. The predicted octanol–water partition coefficient (Wildman–Crippen LogP) is 5.37. The van der Waals surface area contributed by atoms with E-state index in [4.69, 9.17) is 0 Å². The van der Waals surface area contributed by atoms with E-state index in [9.17, 15) is 18.3 Å². The number of aromatic carboxylic acids is 1. The molecule has 0 radical (unpaired) electrons. The molecule has 0 fully saturated rings. The Hall–Kier alpha value is -2.77. The Morgan fingerprint density at radius 1 is 0.933 bits per heavy atom. The quantitative estimate of drug-likeness (QED) is 0.534. The Balaban J connectivity index is 1.88. The molecule has 0 aliphatic heterocycles. The molecule has 0 spiro atoms. The van der Waals surface area contributed by atoms with Gasteiger partial charge in [0.15, 0.2) is 0 Å². The van der Waals surface area contributed by atoms with Crippen LogP contribution in [0.15, 0.2) is 81.4 Å². The fourth-order valence-corrected chi connectivity index (χ4v) is 5.35. The first-order chi connectivity index (χ1) is 14.2. The van der Waals surface area contributed by atoms with Crippen LogP contribution in [0.5, 0.6) is 0 Å². The molecule has 3 aromatic rings. The summed E-state index contributed by atoms with van der Waals surface area (Å²) in [6, 6.07) is 19.7. The highest BCUT2D eigenvalue weighted by molar-refractivity contribution is 7.99. The molecule has 0 aliphatic carbocycles. The maximum Gasteiger partial charge on any atom is 0.335 e. The number of aryl methyl sites for hydroxylation is 2. The van der Waals surface area contributed by atoms with E-state index >= 15 is 0 Å². The molecular weight excluding hydrogens is 418 g/mol. The van der Waals surface area contributed by atoms with Gasteiger partial charge in [0.2, 0.25) is 0 Å². The Kier molecular flexibility index (Phi) is 6.53. The third-order valence-electron chi connectivity index (χ3n) is 4.70. The summed E-state index contributed by atoms with van der Waals surface area (Å²) >= 11 is 1.60. The third-order valence-corrected chi connectivity index (χ3v) is 7.61. The minimum atomic E-state index is -3.89. The van der Waals surface area contributed by atoms with Gasteiger partial charge >= 0.3 is 5.97 Å². The first-order valence-corrected chi connectivity index (χ1v) is 11.7. The Bertz CT molecular complexity index is 1150. The third kappa shape index (κ3) is 4.68. The molecule has 7 heteroatoms. The van der Waals surface area contributed by atoms with Gasteiger partial charge in [0, 0.05) is 16.3 Å². The molecule has 0 unspecified atom stereocenters. The highest BCUT2D eigenvalue weighted by Gasteiger charge is 2.25. The Morgan fingerprint density at radius 3 is 2.03 bits per heavy atom. The van der Waals surface area contributed by atoms with Crippen molar-refractivity contribution < 1.29 is 18.3 Å². The number of hydrogen-bond acceptors (Lipinski definition) is 4. The van der Waals surface area contributed by atoms with Crippen LogP contribution in [0.3, 0.4) is 0 Å². The SMILES string of the molecule is CCN(c1ccc(Sc2ccc(C)cc2)cc1)S(=O)(=O)c1ccc(C)c(C(=O)O)c1. The molecule has 0 aliphatic rings. The molecule has 0 bridgehead atoms. The average Bonchev–Trinajstić information content (AvgIpc) is 2.71. The van der Waals surface area contributed by atoms with Crippen molar-refractivity contribution in [3.05, 3.63) is 83.4 Å². The van der Waals surface area contributed by atoms with Crippen LogP contribution in [0.4, 0.5) is 5.69 Å². The molecule has 0 amide bonds.